The molecule has 0 aromatic carbocycles. The molecule has 1 amide bonds. The van der Waals surface area contributed by atoms with Gasteiger partial charge in [-0.2, -0.15) is 0 Å². The van der Waals surface area contributed by atoms with Crippen molar-refractivity contribution in [1.82, 2.24) is 10.3 Å². The molecule has 1 aliphatic carbocycles. The van der Waals surface area contributed by atoms with Crippen molar-refractivity contribution in [2.24, 2.45) is 5.41 Å². The molecule has 1 heterocycles. The minimum absolute atomic E-state index is 0.136. The lowest BCUT2D eigenvalue weighted by Gasteiger charge is -2.33. The van der Waals surface area contributed by atoms with E-state index in [4.69, 9.17) is 5.11 Å². The van der Waals surface area contributed by atoms with Crippen LogP contribution < -0.4 is 5.32 Å². The molecule has 4 heteroatoms. The molecule has 1 aromatic heterocycles. The van der Waals surface area contributed by atoms with E-state index in [0.29, 0.717) is 17.8 Å². The monoisotopic (exact) mass is 286 g/mol. The molecule has 112 valence electrons. The maximum Gasteiger partial charge on any atom is 0.269 e. The Labute approximate surface area is 126 Å². The largest absolute Gasteiger partial charge is 0.384 e. The van der Waals surface area contributed by atoms with Gasteiger partial charge in [-0.05, 0) is 30.4 Å². The van der Waals surface area contributed by atoms with Gasteiger partial charge in [-0.25, -0.2) is 4.98 Å². The number of aliphatic hydroxyl groups is 1. The number of rotatable bonds is 3. The maximum atomic E-state index is 12.1. The number of nitrogens with one attached hydrogen (secondary N) is 1. The lowest BCUT2D eigenvalue weighted by molar-refractivity contribution is 0.0914. The first kappa shape index (κ1) is 15.5. The summed E-state index contributed by atoms with van der Waals surface area (Å²) in [6.07, 6.45) is 7.72. The van der Waals surface area contributed by atoms with Crippen molar-refractivity contribution < 1.29 is 9.90 Å². The van der Waals surface area contributed by atoms with Gasteiger partial charge in [-0.3, -0.25) is 4.79 Å². The van der Waals surface area contributed by atoms with Gasteiger partial charge in [0.1, 0.15) is 12.3 Å². The van der Waals surface area contributed by atoms with Gasteiger partial charge in [-0.1, -0.05) is 38.0 Å². The van der Waals surface area contributed by atoms with Gasteiger partial charge < -0.3 is 10.4 Å². The first-order valence-corrected chi connectivity index (χ1v) is 7.47. The Hall–Kier alpha value is -1.86. The maximum absolute atomic E-state index is 12.1. The molecular formula is C17H22N2O2. The third-order valence-corrected chi connectivity index (χ3v) is 4.04. The van der Waals surface area contributed by atoms with Gasteiger partial charge >= 0.3 is 0 Å². The molecule has 1 fully saturated rings. The number of nitrogens with zero attached hydrogens (tertiary/aromatic N) is 1. The molecule has 1 saturated carbocycles. The molecule has 0 saturated heterocycles. The molecule has 21 heavy (non-hydrogen) atoms. The van der Waals surface area contributed by atoms with Gasteiger partial charge in [-0.15, -0.1) is 0 Å². The lowest BCUT2D eigenvalue weighted by Crippen LogP contribution is -2.37. The first-order valence-electron chi connectivity index (χ1n) is 7.47. The van der Waals surface area contributed by atoms with Crippen molar-refractivity contribution in [2.45, 2.75) is 39.0 Å². The van der Waals surface area contributed by atoms with Crippen molar-refractivity contribution in [3.8, 4) is 11.8 Å². The number of carbonyl (C=O) groups excluding carboxylic acids is 1. The lowest BCUT2D eigenvalue weighted by atomic mass is 9.76. The zero-order valence-corrected chi connectivity index (χ0v) is 12.5. The Bertz CT molecular complexity index is 534. The number of carbonyl (C=O) groups is 1. The molecule has 1 aliphatic rings. The SMILES string of the molecule is CC1(CNC(=O)c2ccc(C#CCO)cn2)CCCCC1. The van der Waals surface area contributed by atoms with E-state index in [2.05, 4.69) is 29.1 Å². The van der Waals surface area contributed by atoms with E-state index in [1.807, 2.05) is 0 Å². The molecular weight excluding hydrogens is 264 g/mol. The summed E-state index contributed by atoms with van der Waals surface area (Å²) in [4.78, 5) is 16.2. The first-order chi connectivity index (χ1) is 10.1. The van der Waals surface area contributed by atoms with Gasteiger partial charge in [0.05, 0.1) is 0 Å². The van der Waals surface area contributed by atoms with Crippen LogP contribution in [0.15, 0.2) is 18.3 Å². The van der Waals surface area contributed by atoms with Gasteiger partial charge in [0.2, 0.25) is 0 Å². The molecule has 0 atom stereocenters. The standard InChI is InChI=1S/C17H22N2O2/c1-17(9-3-2-4-10-17)13-19-16(21)15-8-7-14(12-18-15)6-5-11-20/h7-8,12,20H,2-4,9-11,13H2,1H3,(H,19,21). The van der Waals surface area contributed by atoms with Crippen molar-refractivity contribution in [3.05, 3.63) is 29.6 Å². The number of hydrogen-bond donors (Lipinski definition) is 2. The summed E-state index contributed by atoms with van der Waals surface area (Å²) in [5.41, 5.74) is 1.32. The van der Waals surface area contributed by atoms with Crippen LogP contribution in [0.1, 0.15) is 55.1 Å². The van der Waals surface area contributed by atoms with E-state index in [0.717, 1.165) is 0 Å². The van der Waals surface area contributed by atoms with Crippen LogP contribution in [0.2, 0.25) is 0 Å². The van der Waals surface area contributed by atoms with E-state index in [9.17, 15) is 4.79 Å². The van der Waals surface area contributed by atoms with E-state index in [-0.39, 0.29) is 17.9 Å². The molecule has 0 unspecified atom stereocenters. The molecule has 1 aromatic rings. The summed E-state index contributed by atoms with van der Waals surface area (Å²) in [6.45, 7) is 2.77. The molecule has 2 N–H and O–H groups in total. The fraction of sp³-hybridized carbons (Fsp3) is 0.529. The minimum Gasteiger partial charge on any atom is -0.384 e. The van der Waals surface area contributed by atoms with Crippen LogP contribution in [-0.4, -0.2) is 29.1 Å². The van der Waals surface area contributed by atoms with E-state index >= 15 is 0 Å². The second-order valence-electron chi connectivity index (χ2n) is 5.95. The van der Waals surface area contributed by atoms with Crippen molar-refractivity contribution in [1.29, 1.82) is 0 Å². The van der Waals surface area contributed by atoms with Crippen LogP contribution >= 0.6 is 0 Å². The zero-order chi connectivity index (χ0) is 15.1. The highest BCUT2D eigenvalue weighted by Crippen LogP contribution is 2.34. The van der Waals surface area contributed by atoms with E-state index < -0.39 is 0 Å². The fourth-order valence-corrected chi connectivity index (χ4v) is 2.71. The highest BCUT2D eigenvalue weighted by atomic mass is 16.2. The Kier molecular flexibility index (Phi) is 5.35. The highest BCUT2D eigenvalue weighted by Gasteiger charge is 2.27. The van der Waals surface area contributed by atoms with Crippen LogP contribution in [0.5, 0.6) is 0 Å². The fourth-order valence-electron chi connectivity index (χ4n) is 2.71. The number of pyridine rings is 1. The second kappa shape index (κ2) is 7.24. The number of hydrogen-bond acceptors (Lipinski definition) is 3. The third-order valence-electron chi connectivity index (χ3n) is 4.04. The third kappa shape index (κ3) is 4.57. The molecule has 4 nitrogen and oxygen atoms in total. The van der Waals surface area contributed by atoms with E-state index in [1.165, 1.54) is 32.1 Å². The van der Waals surface area contributed by atoms with Crippen LogP contribution in [-0.2, 0) is 0 Å². The highest BCUT2D eigenvalue weighted by molar-refractivity contribution is 5.92. The van der Waals surface area contributed by atoms with E-state index in [1.54, 1.807) is 18.3 Å². The average molecular weight is 286 g/mol. The topological polar surface area (TPSA) is 62.2 Å². The van der Waals surface area contributed by atoms with Crippen LogP contribution in [0, 0.1) is 17.3 Å². The summed E-state index contributed by atoms with van der Waals surface area (Å²) in [7, 11) is 0. The number of aliphatic hydroxyl groups excluding tert-OH is 1. The summed E-state index contributed by atoms with van der Waals surface area (Å²) in [5, 5.41) is 11.6. The van der Waals surface area contributed by atoms with Crippen LogP contribution in [0.25, 0.3) is 0 Å². The predicted molar refractivity (Wildman–Crippen MR) is 81.7 cm³/mol. The van der Waals surface area contributed by atoms with Gasteiger partial charge in [0, 0.05) is 18.3 Å². The Morgan fingerprint density at radius 1 is 1.38 bits per heavy atom. The molecule has 0 radical (unpaired) electrons. The summed E-state index contributed by atoms with van der Waals surface area (Å²) in [5.74, 6) is 5.17. The second-order valence-corrected chi connectivity index (χ2v) is 5.95. The average Bonchev–Trinajstić information content (AvgIpc) is 2.52. The van der Waals surface area contributed by atoms with Crippen molar-refractivity contribution >= 4 is 5.91 Å². The van der Waals surface area contributed by atoms with Gasteiger partial charge in [0.15, 0.2) is 0 Å². The normalized spacial score (nSPS) is 16.7. The minimum atomic E-state index is -0.180. The number of aromatic nitrogens is 1. The molecule has 0 aliphatic heterocycles. The molecule has 0 bridgehead atoms. The Morgan fingerprint density at radius 3 is 2.76 bits per heavy atom. The van der Waals surface area contributed by atoms with Gasteiger partial charge in [0.25, 0.3) is 5.91 Å². The molecule has 2 rings (SSSR count). The number of amides is 1. The zero-order valence-electron chi connectivity index (χ0n) is 12.5. The smallest absolute Gasteiger partial charge is 0.269 e. The van der Waals surface area contributed by atoms with Crippen LogP contribution in [0.4, 0.5) is 0 Å². The summed E-state index contributed by atoms with van der Waals surface area (Å²) in [6, 6.07) is 3.41. The predicted octanol–water partition coefficient (Wildman–Crippen LogP) is 2.13. The van der Waals surface area contributed by atoms with Crippen molar-refractivity contribution in [3.63, 3.8) is 0 Å². The van der Waals surface area contributed by atoms with Crippen molar-refractivity contribution in [2.75, 3.05) is 13.2 Å². The summed E-state index contributed by atoms with van der Waals surface area (Å²) >= 11 is 0. The summed E-state index contributed by atoms with van der Waals surface area (Å²) < 4.78 is 0. The quantitative estimate of drug-likeness (QED) is 0.837. The Balaban J connectivity index is 1.91. The Morgan fingerprint density at radius 2 is 2.14 bits per heavy atom. The molecule has 0 spiro atoms. The van der Waals surface area contributed by atoms with Crippen LogP contribution in [0.3, 0.4) is 0 Å².